The summed E-state index contributed by atoms with van der Waals surface area (Å²) in [6, 6.07) is 9.69. The average molecular weight is 292 g/mol. The normalized spacial score (nSPS) is 13.0. The molecule has 0 bridgehead atoms. The minimum absolute atomic E-state index is 0.0555. The van der Waals surface area contributed by atoms with Crippen LogP contribution in [0.4, 0.5) is 0 Å². The minimum atomic E-state index is -1.08. The average Bonchev–Trinajstić information content (AvgIpc) is 2.46. The minimum Gasteiger partial charge on any atom is -0.480 e. The van der Waals surface area contributed by atoms with E-state index < -0.39 is 11.5 Å². The van der Waals surface area contributed by atoms with Crippen LogP contribution in [0.2, 0.25) is 0 Å². The van der Waals surface area contributed by atoms with E-state index in [1.165, 1.54) is 0 Å². The number of likely N-dealkylation sites (N-methyl/N-ethyl adjacent to an activating group) is 2. The van der Waals surface area contributed by atoms with Crippen molar-refractivity contribution < 1.29 is 14.7 Å². The first-order chi connectivity index (χ1) is 9.67. The fourth-order valence-electron chi connectivity index (χ4n) is 1.85. The molecule has 1 atom stereocenters. The number of carbonyl (C=O) groups excluding carboxylic acids is 1. The van der Waals surface area contributed by atoms with E-state index in [4.69, 9.17) is 0 Å². The lowest BCUT2D eigenvalue weighted by Crippen LogP contribution is -2.51. The molecule has 0 fully saturated rings. The maximum atomic E-state index is 12.3. The number of carboxylic acids is 1. The van der Waals surface area contributed by atoms with Gasteiger partial charge in [-0.15, -0.1) is 0 Å². The van der Waals surface area contributed by atoms with Crippen molar-refractivity contribution >= 4 is 11.9 Å². The molecular weight excluding hydrogens is 268 g/mol. The van der Waals surface area contributed by atoms with Crippen molar-refractivity contribution in [3.63, 3.8) is 0 Å². The highest BCUT2D eigenvalue weighted by Crippen LogP contribution is 2.19. The highest BCUT2D eigenvalue weighted by Gasteiger charge is 2.33. The molecule has 1 rings (SSSR count). The van der Waals surface area contributed by atoms with E-state index in [9.17, 15) is 14.7 Å². The number of carboxylic acid groups (broad SMARTS) is 1. The summed E-state index contributed by atoms with van der Waals surface area (Å²) in [5.41, 5.74) is -0.0274. The van der Waals surface area contributed by atoms with E-state index >= 15 is 0 Å². The quantitative estimate of drug-likeness (QED) is 0.871. The van der Waals surface area contributed by atoms with Crippen LogP contribution in [0.3, 0.4) is 0 Å². The van der Waals surface area contributed by atoms with Gasteiger partial charge in [-0.3, -0.25) is 14.5 Å². The molecule has 1 aromatic rings. The molecule has 0 spiro atoms. The van der Waals surface area contributed by atoms with Gasteiger partial charge in [-0.1, -0.05) is 30.3 Å². The second-order valence-electron chi connectivity index (χ2n) is 5.81. The van der Waals surface area contributed by atoms with Gasteiger partial charge in [-0.05, 0) is 33.4 Å². The Hall–Kier alpha value is -1.88. The first-order valence-corrected chi connectivity index (χ1v) is 6.93. The molecule has 0 aliphatic carbocycles. The third-order valence-corrected chi connectivity index (χ3v) is 4.11. The number of benzene rings is 1. The van der Waals surface area contributed by atoms with E-state index in [0.717, 1.165) is 5.56 Å². The fraction of sp³-hybridized carbons (Fsp3) is 0.500. The predicted molar refractivity (Wildman–Crippen MR) is 82.0 cm³/mol. The van der Waals surface area contributed by atoms with Crippen molar-refractivity contribution in [2.45, 2.75) is 32.4 Å². The third-order valence-electron chi connectivity index (χ3n) is 4.11. The van der Waals surface area contributed by atoms with Crippen LogP contribution >= 0.6 is 0 Å². The largest absolute Gasteiger partial charge is 0.480 e. The van der Waals surface area contributed by atoms with Gasteiger partial charge in [-0.2, -0.15) is 0 Å². The molecule has 1 N–H and O–H groups in total. The van der Waals surface area contributed by atoms with Gasteiger partial charge in [0.2, 0.25) is 5.91 Å². The van der Waals surface area contributed by atoms with Crippen molar-refractivity contribution in [2.24, 2.45) is 0 Å². The summed E-state index contributed by atoms with van der Waals surface area (Å²) in [5.74, 6) is -1.06. The number of hydrogen-bond acceptors (Lipinski definition) is 3. The van der Waals surface area contributed by atoms with E-state index in [2.05, 4.69) is 0 Å². The van der Waals surface area contributed by atoms with Crippen molar-refractivity contribution in [3.8, 4) is 0 Å². The van der Waals surface area contributed by atoms with Gasteiger partial charge >= 0.3 is 5.97 Å². The molecule has 5 heteroatoms. The Labute approximate surface area is 126 Å². The van der Waals surface area contributed by atoms with Gasteiger partial charge in [0.1, 0.15) is 5.54 Å². The molecule has 0 saturated carbocycles. The molecule has 1 aromatic carbocycles. The molecule has 0 radical (unpaired) electrons. The smallest absolute Gasteiger partial charge is 0.323 e. The number of aliphatic carboxylic acids is 1. The lowest BCUT2D eigenvalue weighted by atomic mass is 10.0. The van der Waals surface area contributed by atoms with Crippen molar-refractivity contribution in [2.75, 3.05) is 20.6 Å². The van der Waals surface area contributed by atoms with Crippen LogP contribution in [-0.2, 0) is 9.59 Å². The number of rotatable bonds is 6. The summed E-state index contributed by atoms with van der Waals surface area (Å²) < 4.78 is 0. The predicted octanol–water partition coefficient (Wildman–Crippen LogP) is 2.00. The van der Waals surface area contributed by atoms with Crippen LogP contribution in [0.1, 0.15) is 32.4 Å². The van der Waals surface area contributed by atoms with Crippen LogP contribution < -0.4 is 0 Å². The molecular formula is C16H24N2O3. The summed E-state index contributed by atoms with van der Waals surface area (Å²) in [5, 5.41) is 9.18. The summed E-state index contributed by atoms with van der Waals surface area (Å²) in [6.07, 6.45) is 0. The van der Waals surface area contributed by atoms with E-state index in [-0.39, 0.29) is 18.5 Å². The van der Waals surface area contributed by atoms with Crippen LogP contribution in [-0.4, -0.2) is 53.0 Å². The summed E-state index contributed by atoms with van der Waals surface area (Å²) in [4.78, 5) is 26.7. The van der Waals surface area contributed by atoms with Gasteiger partial charge in [-0.25, -0.2) is 0 Å². The number of hydrogen-bond donors (Lipinski definition) is 1. The second-order valence-corrected chi connectivity index (χ2v) is 5.81. The Morgan fingerprint density at radius 3 is 2.19 bits per heavy atom. The molecule has 116 valence electrons. The number of amides is 1. The first-order valence-electron chi connectivity index (χ1n) is 6.93. The zero-order valence-corrected chi connectivity index (χ0v) is 13.3. The Morgan fingerprint density at radius 1 is 1.19 bits per heavy atom. The molecule has 5 nitrogen and oxygen atoms in total. The maximum Gasteiger partial charge on any atom is 0.323 e. The molecule has 0 aromatic heterocycles. The zero-order valence-electron chi connectivity index (χ0n) is 13.3. The number of carbonyl (C=O) groups is 2. The molecule has 1 unspecified atom stereocenters. The Balaban J connectivity index is 2.73. The SMILES string of the molecule is CC(c1ccccc1)N(C)C(=O)CN(C)C(C)(C)C(=O)O. The standard InChI is InChI=1S/C16H24N2O3/c1-12(13-9-7-6-8-10-13)18(5)14(19)11-17(4)16(2,3)15(20)21/h6-10,12H,11H2,1-5H3,(H,20,21). The Bertz CT molecular complexity index is 500. The molecule has 21 heavy (non-hydrogen) atoms. The second kappa shape index (κ2) is 6.72. The van der Waals surface area contributed by atoms with Crippen molar-refractivity contribution in [1.29, 1.82) is 0 Å². The van der Waals surface area contributed by atoms with Crippen molar-refractivity contribution in [1.82, 2.24) is 9.80 Å². The summed E-state index contributed by atoms with van der Waals surface area (Å²) in [6.45, 7) is 5.19. The topological polar surface area (TPSA) is 60.9 Å². The highest BCUT2D eigenvalue weighted by molar-refractivity contribution is 5.81. The number of nitrogens with zero attached hydrogens (tertiary/aromatic N) is 2. The first kappa shape index (κ1) is 17.2. The van der Waals surface area contributed by atoms with E-state index in [1.807, 2.05) is 37.3 Å². The molecule has 0 saturated heterocycles. The highest BCUT2D eigenvalue weighted by atomic mass is 16.4. The van der Waals surface area contributed by atoms with Crippen LogP contribution in [0.15, 0.2) is 30.3 Å². The fourth-order valence-corrected chi connectivity index (χ4v) is 1.85. The summed E-state index contributed by atoms with van der Waals surface area (Å²) in [7, 11) is 3.38. The lowest BCUT2D eigenvalue weighted by Gasteiger charge is -2.33. The molecule has 0 heterocycles. The van der Waals surface area contributed by atoms with Gasteiger partial charge in [0.15, 0.2) is 0 Å². The van der Waals surface area contributed by atoms with E-state index in [0.29, 0.717) is 0 Å². The van der Waals surface area contributed by atoms with Crippen LogP contribution in [0.25, 0.3) is 0 Å². The summed E-state index contributed by atoms with van der Waals surface area (Å²) >= 11 is 0. The molecule has 0 aliphatic rings. The van der Waals surface area contributed by atoms with Gasteiger partial charge < -0.3 is 10.0 Å². The van der Waals surface area contributed by atoms with Crippen LogP contribution in [0, 0.1) is 0 Å². The molecule has 0 aliphatic heterocycles. The lowest BCUT2D eigenvalue weighted by molar-refractivity contribution is -0.150. The zero-order chi connectivity index (χ0) is 16.2. The maximum absolute atomic E-state index is 12.3. The van der Waals surface area contributed by atoms with Gasteiger partial charge in [0, 0.05) is 7.05 Å². The Kier molecular flexibility index (Phi) is 5.49. The third kappa shape index (κ3) is 4.04. The van der Waals surface area contributed by atoms with Crippen LogP contribution in [0.5, 0.6) is 0 Å². The molecule has 1 amide bonds. The van der Waals surface area contributed by atoms with Gasteiger partial charge in [0.25, 0.3) is 0 Å². The Morgan fingerprint density at radius 2 is 1.71 bits per heavy atom. The monoisotopic (exact) mass is 292 g/mol. The van der Waals surface area contributed by atoms with Gasteiger partial charge in [0.05, 0.1) is 12.6 Å². The van der Waals surface area contributed by atoms with Crippen molar-refractivity contribution in [3.05, 3.63) is 35.9 Å². The van der Waals surface area contributed by atoms with E-state index in [1.54, 1.807) is 37.7 Å².